The summed E-state index contributed by atoms with van der Waals surface area (Å²) in [5, 5.41) is 0.588. The summed E-state index contributed by atoms with van der Waals surface area (Å²) >= 11 is 3.48. The van der Waals surface area contributed by atoms with Crippen molar-refractivity contribution in [2.45, 2.75) is 20.3 Å². The number of rotatable bonds is 6. The number of amides is 2. The fourth-order valence-corrected chi connectivity index (χ4v) is 8.08. The highest BCUT2D eigenvalue weighted by atomic mass is 79.9. The van der Waals surface area contributed by atoms with E-state index in [4.69, 9.17) is 9.72 Å². The van der Waals surface area contributed by atoms with Crippen LogP contribution in [0.3, 0.4) is 0 Å². The van der Waals surface area contributed by atoms with Gasteiger partial charge in [-0.15, -0.1) is 0 Å². The lowest BCUT2D eigenvalue weighted by atomic mass is 9.63. The molecule has 2 amide bonds. The van der Waals surface area contributed by atoms with Gasteiger partial charge in [0.15, 0.2) is 12.4 Å². The van der Waals surface area contributed by atoms with Crippen molar-refractivity contribution >= 4 is 56.1 Å². The molecule has 2 bridgehead atoms. The van der Waals surface area contributed by atoms with E-state index in [9.17, 15) is 19.2 Å². The van der Waals surface area contributed by atoms with Crippen molar-refractivity contribution in [3.63, 3.8) is 0 Å². The van der Waals surface area contributed by atoms with Gasteiger partial charge in [0.25, 0.3) is 0 Å². The first-order valence-electron chi connectivity index (χ1n) is 15.2. The highest BCUT2D eigenvalue weighted by molar-refractivity contribution is 9.10. The number of esters is 1. The van der Waals surface area contributed by atoms with Crippen LogP contribution >= 0.6 is 15.9 Å². The predicted molar refractivity (Wildman–Crippen MR) is 173 cm³/mol. The maximum atomic E-state index is 13.6. The molecule has 0 radical (unpaired) electrons. The van der Waals surface area contributed by atoms with Crippen LogP contribution < -0.4 is 4.90 Å². The molecule has 224 valence electrons. The standard InChI is InChI=1S/C37H29BrN2O5/c1-18-3-4-21(13-19(18)2)32(41)17-45-37(44)29-16-31(39-30-12-7-22(38)14-28(29)30)20-5-8-23(9-6-20)40-35(42)33-24-10-11-25(27-15-26(24)27)34(33)36(40)43/h3-14,16,24-27,33-34H,15,17H2,1-2H3. The van der Waals surface area contributed by atoms with Gasteiger partial charge < -0.3 is 4.74 Å². The lowest BCUT2D eigenvalue weighted by Crippen LogP contribution is -2.40. The van der Waals surface area contributed by atoms with Gasteiger partial charge in [0, 0.05) is 21.0 Å². The van der Waals surface area contributed by atoms with Gasteiger partial charge in [-0.2, -0.15) is 0 Å². The number of anilines is 1. The van der Waals surface area contributed by atoms with Crippen LogP contribution in [0.15, 0.2) is 83.4 Å². The van der Waals surface area contributed by atoms with Crippen LogP contribution in [0.1, 0.15) is 38.3 Å². The first-order chi connectivity index (χ1) is 21.7. The fourth-order valence-electron chi connectivity index (χ4n) is 7.71. The molecule has 9 rings (SSSR count). The monoisotopic (exact) mass is 660 g/mol. The Morgan fingerprint density at radius 3 is 2.22 bits per heavy atom. The Kier molecular flexibility index (Phi) is 6.43. The molecule has 1 aromatic heterocycles. The molecule has 7 nitrogen and oxygen atoms in total. The topological polar surface area (TPSA) is 93.6 Å². The molecule has 1 aliphatic heterocycles. The molecule has 4 aromatic rings. The summed E-state index contributed by atoms with van der Waals surface area (Å²) in [6.45, 7) is 3.52. The first-order valence-corrected chi connectivity index (χ1v) is 16.0. The largest absolute Gasteiger partial charge is 0.454 e. The number of allylic oxidation sites excluding steroid dienone is 2. The average Bonchev–Trinajstić information content (AvgIpc) is 3.83. The number of nitrogens with zero attached hydrogens (tertiary/aromatic N) is 2. The van der Waals surface area contributed by atoms with Gasteiger partial charge in [-0.05, 0) is 97.5 Å². The maximum Gasteiger partial charge on any atom is 0.339 e. The highest BCUT2D eigenvalue weighted by Crippen LogP contribution is 2.65. The van der Waals surface area contributed by atoms with E-state index in [0.717, 1.165) is 22.0 Å². The molecule has 6 atom stereocenters. The van der Waals surface area contributed by atoms with Crippen LogP contribution in [-0.2, 0) is 14.3 Å². The number of pyridine rings is 1. The second-order valence-corrected chi connectivity index (χ2v) is 13.6. The minimum absolute atomic E-state index is 0.0998. The zero-order chi connectivity index (χ0) is 31.1. The van der Waals surface area contributed by atoms with Gasteiger partial charge >= 0.3 is 5.97 Å². The number of carbonyl (C=O) groups is 4. The summed E-state index contributed by atoms with van der Waals surface area (Å²) in [4.78, 5) is 59.5. The number of hydrogen-bond acceptors (Lipinski definition) is 6. The summed E-state index contributed by atoms with van der Waals surface area (Å²) in [6.07, 6.45) is 5.46. The van der Waals surface area contributed by atoms with Gasteiger partial charge in [-0.25, -0.2) is 9.78 Å². The van der Waals surface area contributed by atoms with E-state index in [1.54, 1.807) is 36.4 Å². The third kappa shape index (κ3) is 4.49. The number of ether oxygens (including phenoxy) is 1. The number of hydrogen-bond donors (Lipinski definition) is 0. The number of ketones is 1. The van der Waals surface area contributed by atoms with E-state index in [0.29, 0.717) is 45.2 Å². The number of aryl methyl sites for hydroxylation is 2. The first kappa shape index (κ1) is 28.1. The van der Waals surface area contributed by atoms with E-state index in [2.05, 4.69) is 28.1 Å². The maximum absolute atomic E-state index is 13.6. The SMILES string of the molecule is Cc1ccc(C(=O)COC(=O)c2cc(-c3ccc(N4C(=O)C5C6C=CC(C7CC67)C5C4=O)cc3)nc3ccc(Br)cc23)cc1C. The van der Waals surface area contributed by atoms with E-state index in [1.165, 1.54) is 4.90 Å². The number of Topliss-reactive ketones (excluding diaryl/α,β-unsaturated/α-hetero) is 1. The minimum atomic E-state index is -0.632. The highest BCUT2D eigenvalue weighted by Gasteiger charge is 2.67. The Balaban J connectivity index is 1.07. The molecule has 3 fully saturated rings. The Morgan fingerprint density at radius 1 is 0.867 bits per heavy atom. The molecule has 1 saturated heterocycles. The van der Waals surface area contributed by atoms with Gasteiger partial charge in [0.2, 0.25) is 11.8 Å². The van der Waals surface area contributed by atoms with Crippen molar-refractivity contribution < 1.29 is 23.9 Å². The van der Waals surface area contributed by atoms with Crippen LogP contribution in [-0.4, -0.2) is 35.2 Å². The molecule has 5 aliphatic rings. The number of fused-ring (bicyclic) bond motifs is 1. The Bertz CT molecular complexity index is 1960. The van der Waals surface area contributed by atoms with Crippen LogP contribution in [0.5, 0.6) is 0 Å². The molecule has 45 heavy (non-hydrogen) atoms. The summed E-state index contributed by atoms with van der Waals surface area (Å²) in [5.41, 5.74) is 5.21. The van der Waals surface area contributed by atoms with Crippen LogP contribution in [0.4, 0.5) is 5.69 Å². The van der Waals surface area contributed by atoms with Crippen molar-refractivity contribution in [3.8, 4) is 11.3 Å². The molecule has 4 aliphatic carbocycles. The van der Waals surface area contributed by atoms with E-state index in [1.807, 2.05) is 44.2 Å². The quantitative estimate of drug-likeness (QED) is 0.0969. The Labute approximate surface area is 268 Å². The smallest absolute Gasteiger partial charge is 0.339 e. The molecule has 2 heterocycles. The lowest BCUT2D eigenvalue weighted by Gasteiger charge is -2.37. The van der Waals surface area contributed by atoms with Crippen molar-refractivity contribution in [2.75, 3.05) is 11.5 Å². The fraction of sp³-hybridized carbons (Fsp3) is 0.270. The van der Waals surface area contributed by atoms with Gasteiger partial charge in [0.05, 0.1) is 34.3 Å². The summed E-state index contributed by atoms with van der Waals surface area (Å²) < 4.78 is 6.30. The summed E-state index contributed by atoms with van der Waals surface area (Å²) in [7, 11) is 0. The van der Waals surface area contributed by atoms with Crippen LogP contribution in [0, 0.1) is 49.4 Å². The van der Waals surface area contributed by atoms with E-state index < -0.39 is 5.97 Å². The molecule has 0 spiro atoms. The third-order valence-corrected chi connectivity index (χ3v) is 10.7. The molecule has 2 saturated carbocycles. The number of carbonyl (C=O) groups excluding carboxylic acids is 4. The van der Waals surface area contributed by atoms with E-state index >= 15 is 0 Å². The summed E-state index contributed by atoms with van der Waals surface area (Å²) in [6, 6.07) is 19.7. The second kappa shape index (κ2) is 10.3. The lowest BCUT2D eigenvalue weighted by molar-refractivity contribution is -0.124. The summed E-state index contributed by atoms with van der Waals surface area (Å²) in [5.74, 6) is -0.197. The van der Waals surface area contributed by atoms with Crippen molar-refractivity contribution in [1.82, 2.24) is 4.98 Å². The third-order valence-electron chi connectivity index (χ3n) is 10.2. The van der Waals surface area contributed by atoms with Crippen molar-refractivity contribution in [2.24, 2.45) is 35.5 Å². The zero-order valence-electron chi connectivity index (χ0n) is 24.7. The van der Waals surface area contributed by atoms with Gasteiger partial charge in [0.1, 0.15) is 0 Å². The number of aromatic nitrogens is 1. The molecule has 6 unspecified atom stereocenters. The van der Waals surface area contributed by atoms with Crippen LogP contribution in [0.2, 0.25) is 0 Å². The van der Waals surface area contributed by atoms with Crippen LogP contribution in [0.25, 0.3) is 22.2 Å². The Hall–Kier alpha value is -4.43. The normalized spacial score (nSPS) is 25.8. The molecule has 3 aromatic carbocycles. The van der Waals surface area contributed by atoms with Gasteiger partial charge in [-0.1, -0.05) is 52.3 Å². The predicted octanol–water partition coefficient (Wildman–Crippen LogP) is 6.88. The van der Waals surface area contributed by atoms with Crippen molar-refractivity contribution in [1.29, 1.82) is 0 Å². The molecular formula is C37H29BrN2O5. The zero-order valence-corrected chi connectivity index (χ0v) is 26.3. The van der Waals surface area contributed by atoms with Crippen molar-refractivity contribution in [3.05, 3.63) is 106 Å². The van der Waals surface area contributed by atoms with E-state index in [-0.39, 0.29) is 53.4 Å². The molecule has 8 heteroatoms. The molecular weight excluding hydrogens is 632 g/mol. The second-order valence-electron chi connectivity index (χ2n) is 12.7. The van der Waals surface area contributed by atoms with Gasteiger partial charge in [-0.3, -0.25) is 19.3 Å². The number of halogens is 1. The average molecular weight is 662 g/mol. The number of benzene rings is 3. The Morgan fingerprint density at radius 2 is 1.56 bits per heavy atom. The minimum Gasteiger partial charge on any atom is -0.454 e. The number of imide groups is 1. The molecule has 0 N–H and O–H groups in total.